The Hall–Kier alpha value is -4.24. The molecule has 1 fully saturated rings. The van der Waals surface area contributed by atoms with Crippen LogP contribution >= 0.6 is 47.2 Å². The van der Waals surface area contributed by atoms with Gasteiger partial charge in [-0.1, -0.05) is 88.9 Å². The van der Waals surface area contributed by atoms with Gasteiger partial charge in [0.05, 0.1) is 27.9 Å². The summed E-state index contributed by atoms with van der Waals surface area (Å²) in [6, 6.07) is 29.4. The van der Waals surface area contributed by atoms with Gasteiger partial charge in [0.1, 0.15) is 18.1 Å². The Bertz CT molecular complexity index is 1970. The van der Waals surface area contributed by atoms with Crippen LogP contribution in [0.1, 0.15) is 33.4 Å². The van der Waals surface area contributed by atoms with Crippen molar-refractivity contribution in [3.05, 3.63) is 152 Å². The second-order valence-corrected chi connectivity index (χ2v) is 14.0. The van der Waals surface area contributed by atoms with E-state index in [0.717, 1.165) is 42.7 Å². The van der Waals surface area contributed by atoms with Crippen LogP contribution in [0.3, 0.4) is 0 Å². The van der Waals surface area contributed by atoms with Crippen LogP contribution in [0.5, 0.6) is 23.1 Å². The molecule has 0 saturated carbocycles. The summed E-state index contributed by atoms with van der Waals surface area (Å²) in [5.74, 6) is 2.26. The first kappa shape index (κ1) is 40.0. The number of ether oxygens (including phenoxy) is 3. The smallest absolute Gasteiger partial charge is 0.246 e. The first-order chi connectivity index (χ1) is 25.2. The molecule has 0 radical (unpaired) electrons. The zero-order valence-electron chi connectivity index (χ0n) is 29.6. The van der Waals surface area contributed by atoms with Crippen molar-refractivity contribution in [2.75, 3.05) is 32.8 Å². The van der Waals surface area contributed by atoms with E-state index in [2.05, 4.69) is 53.2 Å². The van der Waals surface area contributed by atoms with Crippen molar-refractivity contribution >= 4 is 59.2 Å². The third-order valence-electron chi connectivity index (χ3n) is 8.78. The van der Waals surface area contributed by atoms with Gasteiger partial charge >= 0.3 is 0 Å². The van der Waals surface area contributed by atoms with E-state index < -0.39 is 0 Å². The molecule has 11 heteroatoms. The van der Waals surface area contributed by atoms with E-state index in [1.165, 1.54) is 16.7 Å². The first-order valence-electron chi connectivity index (χ1n) is 17.2. The maximum atomic E-state index is 13.1. The quantitative estimate of drug-likeness (QED) is 0.111. The molecule has 276 valence electrons. The largest absolute Gasteiger partial charge is 0.493 e. The van der Waals surface area contributed by atoms with Crippen molar-refractivity contribution in [2.45, 2.75) is 33.4 Å². The monoisotopic (exact) mass is 791 g/mol. The summed E-state index contributed by atoms with van der Waals surface area (Å²) in [6.07, 6.45) is 5.83. The molecule has 0 unspecified atom stereocenters. The topological polar surface area (TPSA) is 64.1 Å². The van der Waals surface area contributed by atoms with Gasteiger partial charge in [-0.3, -0.25) is 9.69 Å². The van der Waals surface area contributed by atoms with Crippen molar-refractivity contribution < 1.29 is 19.0 Å². The molecule has 0 spiro atoms. The fourth-order valence-electron chi connectivity index (χ4n) is 5.77. The molecule has 1 saturated heterocycles. The predicted octanol–water partition coefficient (Wildman–Crippen LogP) is 10.4. The molecule has 1 amide bonds. The van der Waals surface area contributed by atoms with E-state index in [4.69, 9.17) is 49.0 Å². The van der Waals surface area contributed by atoms with Crippen LogP contribution in [0.25, 0.3) is 6.08 Å². The van der Waals surface area contributed by atoms with Crippen molar-refractivity contribution in [1.82, 2.24) is 14.8 Å². The number of carbonyl (C=O) groups is 1. The second-order valence-electron chi connectivity index (χ2n) is 12.8. The Balaban J connectivity index is 0.00000541. The second kappa shape index (κ2) is 19.2. The molecule has 0 bridgehead atoms. The van der Waals surface area contributed by atoms with Crippen molar-refractivity contribution in [2.24, 2.45) is 0 Å². The van der Waals surface area contributed by atoms with Crippen molar-refractivity contribution in [3.8, 4) is 23.1 Å². The number of pyridine rings is 1. The fourth-order valence-corrected chi connectivity index (χ4v) is 6.37. The predicted molar refractivity (Wildman–Crippen MR) is 216 cm³/mol. The van der Waals surface area contributed by atoms with Crippen LogP contribution in [0, 0.1) is 13.8 Å². The zero-order valence-corrected chi connectivity index (χ0v) is 32.7. The van der Waals surface area contributed by atoms with Gasteiger partial charge < -0.3 is 19.1 Å². The van der Waals surface area contributed by atoms with Gasteiger partial charge in [-0.2, -0.15) is 0 Å². The summed E-state index contributed by atoms with van der Waals surface area (Å²) in [7, 11) is 0. The Kier molecular flexibility index (Phi) is 14.5. The standard InChI is InChI=1S/C42H40Cl3N3O4.ClH/c1-29-3-5-33(6-4-29)28-51-36-13-15-40(46-26-36)52-42-30(2)23-34(24-39(42)45)11-16-41(49)48-20-18-47(19-21-48)27-32-9-7-31(8-10-32)17-22-50-35-12-14-37(43)38(44)25-35;/h3-16,23-26H,17-22,27-28H2,1-2H3;1H. The van der Waals surface area contributed by atoms with Gasteiger partial charge in [-0.25, -0.2) is 4.98 Å². The third kappa shape index (κ3) is 11.6. The lowest BCUT2D eigenvalue weighted by atomic mass is 10.1. The molecule has 1 aliphatic heterocycles. The molecule has 1 aromatic heterocycles. The average Bonchev–Trinajstić information content (AvgIpc) is 3.15. The third-order valence-corrected chi connectivity index (χ3v) is 9.80. The van der Waals surface area contributed by atoms with Gasteiger partial charge in [-0.15, -0.1) is 12.4 Å². The van der Waals surface area contributed by atoms with E-state index >= 15 is 0 Å². The van der Waals surface area contributed by atoms with E-state index in [1.807, 2.05) is 42.2 Å². The number of benzene rings is 4. The van der Waals surface area contributed by atoms with Gasteiger partial charge in [-0.05, 0) is 78.1 Å². The molecule has 7 nitrogen and oxygen atoms in total. The minimum atomic E-state index is -0.0184. The average molecular weight is 794 g/mol. The SMILES string of the molecule is Cc1ccc(COc2ccc(Oc3c(C)cc(C=CC(=O)N4CCN(Cc5ccc(CCOc6ccc(Cl)c(Cl)c6)cc5)CC4)cc3Cl)nc2)cc1.Cl. The highest BCUT2D eigenvalue weighted by molar-refractivity contribution is 6.42. The summed E-state index contributed by atoms with van der Waals surface area (Å²) in [5, 5.41) is 1.43. The lowest BCUT2D eigenvalue weighted by molar-refractivity contribution is -0.127. The van der Waals surface area contributed by atoms with Gasteiger partial charge in [0, 0.05) is 57.4 Å². The summed E-state index contributed by atoms with van der Waals surface area (Å²) < 4.78 is 17.7. The Morgan fingerprint density at radius 1 is 0.755 bits per heavy atom. The lowest BCUT2D eigenvalue weighted by Gasteiger charge is -2.34. The number of nitrogens with zero attached hydrogens (tertiary/aromatic N) is 3. The van der Waals surface area contributed by atoms with Crippen molar-refractivity contribution in [3.63, 3.8) is 0 Å². The van der Waals surface area contributed by atoms with Gasteiger partial charge in [0.15, 0.2) is 5.75 Å². The number of rotatable bonds is 13. The van der Waals surface area contributed by atoms with E-state index in [0.29, 0.717) is 64.5 Å². The van der Waals surface area contributed by atoms with Crippen LogP contribution in [0.15, 0.2) is 103 Å². The lowest BCUT2D eigenvalue weighted by Crippen LogP contribution is -2.47. The molecule has 5 aromatic rings. The Labute approximate surface area is 332 Å². The maximum Gasteiger partial charge on any atom is 0.246 e. The molecular formula is C42H41Cl4N3O4. The highest BCUT2D eigenvalue weighted by Gasteiger charge is 2.20. The number of carbonyl (C=O) groups excluding carboxylic acids is 1. The zero-order chi connectivity index (χ0) is 36.5. The van der Waals surface area contributed by atoms with E-state index in [9.17, 15) is 4.79 Å². The number of amides is 1. The number of piperazine rings is 1. The molecule has 2 heterocycles. The minimum Gasteiger partial charge on any atom is -0.493 e. The molecule has 4 aromatic carbocycles. The number of hydrogen-bond acceptors (Lipinski definition) is 6. The summed E-state index contributed by atoms with van der Waals surface area (Å²) in [6.45, 7) is 8.78. The van der Waals surface area contributed by atoms with Crippen LogP contribution in [0.2, 0.25) is 15.1 Å². The Morgan fingerprint density at radius 2 is 1.45 bits per heavy atom. The molecule has 0 aliphatic carbocycles. The minimum absolute atomic E-state index is 0. The summed E-state index contributed by atoms with van der Waals surface area (Å²) >= 11 is 18.7. The highest BCUT2D eigenvalue weighted by Crippen LogP contribution is 2.34. The molecule has 6 rings (SSSR count). The molecule has 1 aliphatic rings. The van der Waals surface area contributed by atoms with Crippen LogP contribution < -0.4 is 14.2 Å². The Morgan fingerprint density at radius 3 is 2.13 bits per heavy atom. The number of hydrogen-bond donors (Lipinski definition) is 0. The highest BCUT2D eigenvalue weighted by atomic mass is 35.5. The van der Waals surface area contributed by atoms with Crippen LogP contribution in [0.4, 0.5) is 0 Å². The molecular weight excluding hydrogens is 752 g/mol. The molecule has 0 N–H and O–H groups in total. The van der Waals surface area contributed by atoms with E-state index in [-0.39, 0.29) is 18.3 Å². The van der Waals surface area contributed by atoms with Crippen LogP contribution in [-0.2, 0) is 24.4 Å². The normalized spacial score (nSPS) is 13.1. The van der Waals surface area contributed by atoms with Crippen molar-refractivity contribution in [1.29, 1.82) is 0 Å². The number of halogens is 4. The molecule has 53 heavy (non-hydrogen) atoms. The van der Waals surface area contributed by atoms with E-state index in [1.54, 1.807) is 42.6 Å². The molecule has 0 atom stereocenters. The van der Waals surface area contributed by atoms with Gasteiger partial charge in [0.2, 0.25) is 11.8 Å². The summed E-state index contributed by atoms with van der Waals surface area (Å²) in [5.41, 5.74) is 6.39. The summed E-state index contributed by atoms with van der Waals surface area (Å²) in [4.78, 5) is 21.7. The number of aromatic nitrogens is 1. The first-order valence-corrected chi connectivity index (χ1v) is 18.3. The van der Waals surface area contributed by atoms with Crippen LogP contribution in [-0.4, -0.2) is 53.5 Å². The maximum absolute atomic E-state index is 13.1. The van der Waals surface area contributed by atoms with Gasteiger partial charge in [0.25, 0.3) is 0 Å². The fraction of sp³-hybridized carbons (Fsp3) is 0.238. The number of aryl methyl sites for hydroxylation is 2.